The van der Waals surface area contributed by atoms with E-state index >= 15 is 0 Å². The van der Waals surface area contributed by atoms with E-state index in [2.05, 4.69) is 10.6 Å². The predicted octanol–water partition coefficient (Wildman–Crippen LogP) is 2.17. The Balaban J connectivity index is 2.50. The standard InChI is InChI=1S/C13H21N3O/c1-9-7-10(5-6-11(9)14)8-15-12(17)16-13(2,3)4/h5-7H,8,14H2,1-4H3,(H2,15,16,17). The molecule has 0 fully saturated rings. The van der Waals surface area contributed by atoms with Gasteiger partial charge in [0, 0.05) is 17.8 Å². The zero-order chi connectivity index (χ0) is 13.1. The van der Waals surface area contributed by atoms with Crippen molar-refractivity contribution in [2.45, 2.75) is 39.8 Å². The summed E-state index contributed by atoms with van der Waals surface area (Å²) >= 11 is 0. The molecule has 0 aliphatic heterocycles. The van der Waals surface area contributed by atoms with E-state index in [1.807, 2.05) is 45.9 Å². The summed E-state index contributed by atoms with van der Waals surface area (Å²) in [6.45, 7) is 8.29. The zero-order valence-corrected chi connectivity index (χ0v) is 10.9. The molecule has 4 nitrogen and oxygen atoms in total. The molecule has 0 unspecified atom stereocenters. The summed E-state index contributed by atoms with van der Waals surface area (Å²) in [5.74, 6) is 0. The first-order valence-corrected chi connectivity index (χ1v) is 5.69. The monoisotopic (exact) mass is 235 g/mol. The van der Waals surface area contributed by atoms with Crippen molar-refractivity contribution < 1.29 is 4.79 Å². The van der Waals surface area contributed by atoms with E-state index < -0.39 is 0 Å². The van der Waals surface area contributed by atoms with Gasteiger partial charge in [-0.3, -0.25) is 0 Å². The van der Waals surface area contributed by atoms with Crippen LogP contribution in [0.2, 0.25) is 0 Å². The number of urea groups is 1. The number of nitrogens with two attached hydrogens (primary N) is 1. The highest BCUT2D eigenvalue weighted by Crippen LogP contribution is 2.12. The number of hydrogen-bond donors (Lipinski definition) is 3. The Morgan fingerprint density at radius 2 is 2.00 bits per heavy atom. The van der Waals surface area contributed by atoms with Crippen LogP contribution in [0.25, 0.3) is 0 Å². The minimum Gasteiger partial charge on any atom is -0.399 e. The third-order valence-corrected chi connectivity index (χ3v) is 2.28. The van der Waals surface area contributed by atoms with Crippen LogP contribution in [0.3, 0.4) is 0 Å². The lowest BCUT2D eigenvalue weighted by molar-refractivity contribution is 0.231. The number of nitrogens with one attached hydrogen (secondary N) is 2. The van der Waals surface area contributed by atoms with Crippen molar-refractivity contribution in [3.8, 4) is 0 Å². The van der Waals surface area contributed by atoms with E-state index in [1.165, 1.54) is 0 Å². The van der Waals surface area contributed by atoms with E-state index in [0.717, 1.165) is 16.8 Å². The fraction of sp³-hybridized carbons (Fsp3) is 0.462. The van der Waals surface area contributed by atoms with Crippen LogP contribution in [0.15, 0.2) is 18.2 Å². The Morgan fingerprint density at radius 1 is 1.35 bits per heavy atom. The van der Waals surface area contributed by atoms with Crippen LogP contribution in [0, 0.1) is 6.92 Å². The van der Waals surface area contributed by atoms with E-state index in [1.54, 1.807) is 0 Å². The topological polar surface area (TPSA) is 67.2 Å². The highest BCUT2D eigenvalue weighted by Gasteiger charge is 2.12. The first-order chi connectivity index (χ1) is 7.78. The average molecular weight is 235 g/mol. The number of benzene rings is 1. The molecular weight excluding hydrogens is 214 g/mol. The van der Waals surface area contributed by atoms with Crippen molar-refractivity contribution in [1.82, 2.24) is 10.6 Å². The molecule has 0 saturated carbocycles. The molecule has 0 heterocycles. The molecule has 1 rings (SSSR count). The van der Waals surface area contributed by atoms with E-state index in [-0.39, 0.29) is 11.6 Å². The van der Waals surface area contributed by atoms with Crippen LogP contribution >= 0.6 is 0 Å². The fourth-order valence-electron chi connectivity index (χ4n) is 1.41. The lowest BCUT2D eigenvalue weighted by atomic mass is 10.1. The minimum absolute atomic E-state index is 0.160. The fourth-order valence-corrected chi connectivity index (χ4v) is 1.41. The summed E-state index contributed by atoms with van der Waals surface area (Å²) in [4.78, 5) is 11.5. The number of nitrogen functional groups attached to an aromatic ring is 1. The van der Waals surface area contributed by atoms with Crippen molar-refractivity contribution in [2.75, 3.05) is 5.73 Å². The van der Waals surface area contributed by atoms with Crippen molar-refractivity contribution >= 4 is 11.7 Å². The number of hydrogen-bond acceptors (Lipinski definition) is 2. The molecule has 4 heteroatoms. The smallest absolute Gasteiger partial charge is 0.315 e. The lowest BCUT2D eigenvalue weighted by Gasteiger charge is -2.20. The molecule has 0 spiro atoms. The van der Waals surface area contributed by atoms with E-state index in [9.17, 15) is 4.79 Å². The molecule has 4 N–H and O–H groups in total. The minimum atomic E-state index is -0.221. The van der Waals surface area contributed by atoms with Crippen LogP contribution in [0.1, 0.15) is 31.9 Å². The Kier molecular flexibility index (Phi) is 3.99. The lowest BCUT2D eigenvalue weighted by Crippen LogP contribution is -2.46. The molecule has 0 aliphatic carbocycles. The molecule has 0 saturated heterocycles. The Labute approximate surface area is 103 Å². The second kappa shape index (κ2) is 5.08. The first-order valence-electron chi connectivity index (χ1n) is 5.69. The summed E-state index contributed by atoms with van der Waals surface area (Å²) in [6, 6.07) is 5.59. The number of aryl methyl sites for hydroxylation is 1. The van der Waals surface area contributed by atoms with Gasteiger partial charge < -0.3 is 16.4 Å². The number of rotatable bonds is 2. The maximum absolute atomic E-state index is 11.5. The van der Waals surface area contributed by atoms with Crippen LogP contribution in [-0.4, -0.2) is 11.6 Å². The van der Waals surface area contributed by atoms with Gasteiger partial charge in [-0.1, -0.05) is 12.1 Å². The largest absolute Gasteiger partial charge is 0.399 e. The molecule has 1 aromatic rings. The zero-order valence-electron chi connectivity index (χ0n) is 10.9. The first kappa shape index (κ1) is 13.4. The van der Waals surface area contributed by atoms with Gasteiger partial charge in [0.25, 0.3) is 0 Å². The third kappa shape index (κ3) is 4.76. The van der Waals surface area contributed by atoms with Crippen molar-refractivity contribution in [2.24, 2.45) is 0 Å². The summed E-state index contributed by atoms with van der Waals surface area (Å²) in [6.07, 6.45) is 0. The van der Waals surface area contributed by atoms with Crippen LogP contribution in [0.4, 0.5) is 10.5 Å². The number of carbonyl (C=O) groups is 1. The molecule has 1 aromatic carbocycles. The summed E-state index contributed by atoms with van der Waals surface area (Å²) in [7, 11) is 0. The SMILES string of the molecule is Cc1cc(CNC(=O)NC(C)(C)C)ccc1N. The molecule has 0 aliphatic rings. The number of anilines is 1. The number of amides is 2. The maximum atomic E-state index is 11.5. The summed E-state index contributed by atoms with van der Waals surface area (Å²) in [5, 5.41) is 5.65. The van der Waals surface area contributed by atoms with Gasteiger partial charge >= 0.3 is 6.03 Å². The van der Waals surface area contributed by atoms with E-state index in [4.69, 9.17) is 5.73 Å². The summed E-state index contributed by atoms with van der Waals surface area (Å²) in [5.41, 5.74) is 8.35. The highest BCUT2D eigenvalue weighted by molar-refractivity contribution is 5.74. The van der Waals surface area contributed by atoms with Gasteiger partial charge in [-0.2, -0.15) is 0 Å². The molecule has 0 bridgehead atoms. The van der Waals surface area contributed by atoms with Crippen molar-refractivity contribution in [3.63, 3.8) is 0 Å². The predicted molar refractivity (Wildman–Crippen MR) is 70.7 cm³/mol. The molecule has 0 radical (unpaired) electrons. The van der Waals surface area contributed by atoms with Gasteiger partial charge in [0.2, 0.25) is 0 Å². The molecular formula is C13H21N3O. The number of carbonyl (C=O) groups excluding carboxylic acids is 1. The molecule has 2 amide bonds. The van der Waals surface area contributed by atoms with E-state index in [0.29, 0.717) is 6.54 Å². The molecule has 94 valence electrons. The second-order valence-electron chi connectivity index (χ2n) is 5.25. The quantitative estimate of drug-likeness (QED) is 0.688. The van der Waals surface area contributed by atoms with Crippen molar-refractivity contribution in [1.29, 1.82) is 0 Å². The normalized spacial score (nSPS) is 11.1. The maximum Gasteiger partial charge on any atom is 0.315 e. The van der Waals surface area contributed by atoms with Crippen LogP contribution < -0.4 is 16.4 Å². The second-order valence-corrected chi connectivity index (χ2v) is 5.25. The molecule has 17 heavy (non-hydrogen) atoms. The van der Waals surface area contributed by atoms with Crippen LogP contribution in [-0.2, 0) is 6.54 Å². The van der Waals surface area contributed by atoms with Crippen LogP contribution in [0.5, 0.6) is 0 Å². The summed E-state index contributed by atoms with van der Waals surface area (Å²) < 4.78 is 0. The Hall–Kier alpha value is -1.71. The van der Waals surface area contributed by atoms with Gasteiger partial charge in [0.05, 0.1) is 0 Å². The van der Waals surface area contributed by atoms with Gasteiger partial charge in [0.15, 0.2) is 0 Å². The average Bonchev–Trinajstić information content (AvgIpc) is 2.17. The van der Waals surface area contributed by atoms with Gasteiger partial charge in [-0.25, -0.2) is 4.79 Å². The third-order valence-electron chi connectivity index (χ3n) is 2.28. The Morgan fingerprint density at radius 3 is 2.53 bits per heavy atom. The van der Waals surface area contributed by atoms with Gasteiger partial charge in [-0.05, 0) is 44.9 Å². The van der Waals surface area contributed by atoms with Gasteiger partial charge in [-0.15, -0.1) is 0 Å². The van der Waals surface area contributed by atoms with Gasteiger partial charge in [0.1, 0.15) is 0 Å². The van der Waals surface area contributed by atoms with Crippen molar-refractivity contribution in [3.05, 3.63) is 29.3 Å². The Bertz CT molecular complexity index is 408. The molecule has 0 atom stereocenters. The highest BCUT2D eigenvalue weighted by atomic mass is 16.2. The molecule has 0 aromatic heterocycles.